The van der Waals surface area contributed by atoms with Gasteiger partial charge in [-0.05, 0) is 35.9 Å². The quantitative estimate of drug-likeness (QED) is 0.661. The molecule has 0 atom stereocenters. The number of ether oxygens (including phenoxy) is 1. The van der Waals surface area contributed by atoms with Crippen molar-refractivity contribution in [2.24, 2.45) is 0 Å². The van der Waals surface area contributed by atoms with Crippen LogP contribution in [0.2, 0.25) is 0 Å². The first kappa shape index (κ1) is 20.1. The summed E-state index contributed by atoms with van der Waals surface area (Å²) in [6.45, 7) is 0. The van der Waals surface area contributed by atoms with Crippen molar-refractivity contribution in [3.63, 3.8) is 0 Å². The Morgan fingerprint density at radius 1 is 1.04 bits per heavy atom. The molecule has 3 rings (SSSR count). The third-order valence-electron chi connectivity index (χ3n) is 4.09. The van der Waals surface area contributed by atoms with Crippen molar-refractivity contribution in [3.8, 4) is 16.2 Å². The second-order valence-electron chi connectivity index (χ2n) is 6.13. The standard InChI is InChI=1S/C20H20N2O4S2/c1-22(2)28(24,25)15-9-10-17(26-3)16(13-15)21-20(23)19-12-11-18(27-19)14-7-5-4-6-8-14/h4-13H,1-3H3,(H,21,23). The first-order valence-electron chi connectivity index (χ1n) is 8.40. The number of rotatable bonds is 6. The van der Waals surface area contributed by atoms with Crippen molar-refractivity contribution in [3.05, 3.63) is 65.5 Å². The average molecular weight is 417 g/mol. The van der Waals surface area contributed by atoms with Gasteiger partial charge in [0.15, 0.2) is 0 Å². The smallest absolute Gasteiger partial charge is 0.265 e. The summed E-state index contributed by atoms with van der Waals surface area (Å²) in [5.74, 6) is 0.0516. The van der Waals surface area contributed by atoms with E-state index in [1.165, 1.54) is 50.7 Å². The predicted molar refractivity (Wildman–Crippen MR) is 112 cm³/mol. The number of thiophene rings is 1. The van der Waals surface area contributed by atoms with E-state index in [0.717, 1.165) is 14.7 Å². The molecule has 0 aliphatic carbocycles. The molecule has 1 heterocycles. The molecule has 0 fully saturated rings. The van der Waals surface area contributed by atoms with E-state index in [4.69, 9.17) is 4.74 Å². The van der Waals surface area contributed by atoms with Crippen LogP contribution in [0, 0.1) is 0 Å². The molecule has 1 aromatic heterocycles. The molecular formula is C20H20N2O4S2. The molecule has 0 unspecified atom stereocenters. The number of hydrogen-bond acceptors (Lipinski definition) is 5. The Morgan fingerprint density at radius 3 is 2.39 bits per heavy atom. The molecule has 0 saturated carbocycles. The Kier molecular flexibility index (Phi) is 5.83. The molecule has 0 bridgehead atoms. The summed E-state index contributed by atoms with van der Waals surface area (Å²) in [6.07, 6.45) is 0. The minimum Gasteiger partial charge on any atom is -0.495 e. The molecule has 0 radical (unpaired) electrons. The summed E-state index contributed by atoms with van der Waals surface area (Å²) in [5.41, 5.74) is 1.33. The van der Waals surface area contributed by atoms with Gasteiger partial charge in [-0.2, -0.15) is 0 Å². The Hall–Kier alpha value is -2.68. The zero-order chi connectivity index (χ0) is 20.3. The highest BCUT2D eigenvalue weighted by molar-refractivity contribution is 7.89. The Morgan fingerprint density at radius 2 is 1.75 bits per heavy atom. The van der Waals surface area contributed by atoms with Gasteiger partial charge < -0.3 is 10.1 Å². The zero-order valence-electron chi connectivity index (χ0n) is 15.7. The number of nitrogens with zero attached hydrogens (tertiary/aromatic N) is 1. The number of sulfonamides is 1. The molecule has 1 amide bonds. The minimum atomic E-state index is -3.63. The molecule has 28 heavy (non-hydrogen) atoms. The van der Waals surface area contributed by atoms with Crippen LogP contribution in [0.1, 0.15) is 9.67 Å². The second-order valence-corrected chi connectivity index (χ2v) is 9.37. The largest absolute Gasteiger partial charge is 0.495 e. The molecule has 0 spiro atoms. The summed E-state index contributed by atoms with van der Waals surface area (Å²) >= 11 is 1.36. The van der Waals surface area contributed by atoms with Gasteiger partial charge in [-0.1, -0.05) is 30.3 Å². The zero-order valence-corrected chi connectivity index (χ0v) is 17.3. The molecule has 6 nitrogen and oxygen atoms in total. The summed E-state index contributed by atoms with van der Waals surface area (Å²) in [4.78, 5) is 14.3. The van der Waals surface area contributed by atoms with Crippen LogP contribution in [0.5, 0.6) is 5.75 Å². The Balaban J connectivity index is 1.89. The first-order chi connectivity index (χ1) is 13.3. The molecule has 0 aliphatic rings. The number of benzene rings is 2. The number of nitrogens with one attached hydrogen (secondary N) is 1. The van der Waals surface area contributed by atoms with Crippen molar-refractivity contribution in [2.75, 3.05) is 26.5 Å². The van der Waals surface area contributed by atoms with E-state index in [1.807, 2.05) is 36.4 Å². The van der Waals surface area contributed by atoms with Crippen LogP contribution in [-0.4, -0.2) is 39.8 Å². The van der Waals surface area contributed by atoms with Gasteiger partial charge in [0.05, 0.1) is 22.6 Å². The normalized spacial score (nSPS) is 11.4. The molecule has 146 valence electrons. The molecule has 1 N–H and O–H groups in total. The van der Waals surface area contributed by atoms with Crippen molar-refractivity contribution in [1.82, 2.24) is 4.31 Å². The maximum absolute atomic E-state index is 12.7. The SMILES string of the molecule is COc1ccc(S(=O)(=O)N(C)C)cc1NC(=O)c1ccc(-c2ccccc2)s1. The van der Waals surface area contributed by atoms with Crippen LogP contribution >= 0.6 is 11.3 Å². The highest BCUT2D eigenvalue weighted by Gasteiger charge is 2.20. The number of methoxy groups -OCH3 is 1. The van der Waals surface area contributed by atoms with E-state index >= 15 is 0 Å². The number of amides is 1. The third kappa shape index (κ3) is 4.09. The lowest BCUT2D eigenvalue weighted by Gasteiger charge is -2.15. The molecule has 2 aromatic carbocycles. The molecule has 3 aromatic rings. The van der Waals surface area contributed by atoms with E-state index in [9.17, 15) is 13.2 Å². The maximum atomic E-state index is 12.7. The first-order valence-corrected chi connectivity index (χ1v) is 10.7. The van der Waals surface area contributed by atoms with Crippen LogP contribution in [-0.2, 0) is 10.0 Å². The maximum Gasteiger partial charge on any atom is 0.265 e. The fraction of sp³-hybridized carbons (Fsp3) is 0.150. The number of carbonyl (C=O) groups excluding carboxylic acids is 1. The van der Waals surface area contributed by atoms with Crippen molar-refractivity contribution in [2.45, 2.75) is 4.90 Å². The van der Waals surface area contributed by atoms with Crippen LogP contribution < -0.4 is 10.1 Å². The third-order valence-corrected chi connectivity index (χ3v) is 7.03. The molecule has 8 heteroatoms. The fourth-order valence-electron chi connectivity index (χ4n) is 2.56. The highest BCUT2D eigenvalue weighted by atomic mass is 32.2. The van der Waals surface area contributed by atoms with Crippen LogP contribution in [0.25, 0.3) is 10.4 Å². The van der Waals surface area contributed by atoms with E-state index < -0.39 is 10.0 Å². The van der Waals surface area contributed by atoms with Gasteiger partial charge in [-0.25, -0.2) is 12.7 Å². The van der Waals surface area contributed by atoms with Crippen LogP contribution in [0.4, 0.5) is 5.69 Å². The number of carbonyl (C=O) groups is 1. The van der Waals surface area contributed by atoms with E-state index in [-0.39, 0.29) is 10.8 Å². The minimum absolute atomic E-state index is 0.0738. The van der Waals surface area contributed by atoms with Crippen molar-refractivity contribution in [1.29, 1.82) is 0 Å². The monoisotopic (exact) mass is 416 g/mol. The lowest BCUT2D eigenvalue weighted by atomic mass is 10.2. The topological polar surface area (TPSA) is 75.7 Å². The van der Waals surface area contributed by atoms with E-state index in [2.05, 4.69) is 5.32 Å². The molecule has 0 saturated heterocycles. The summed E-state index contributed by atoms with van der Waals surface area (Å²) < 4.78 is 31.1. The van der Waals surface area contributed by atoms with Gasteiger partial charge in [0.25, 0.3) is 5.91 Å². The Bertz CT molecular complexity index is 1090. The van der Waals surface area contributed by atoms with Gasteiger partial charge in [-0.15, -0.1) is 11.3 Å². The van der Waals surface area contributed by atoms with Gasteiger partial charge in [0.2, 0.25) is 10.0 Å². The van der Waals surface area contributed by atoms with E-state index in [0.29, 0.717) is 16.3 Å². The number of hydrogen-bond donors (Lipinski definition) is 1. The lowest BCUT2D eigenvalue weighted by molar-refractivity contribution is 0.103. The molecule has 0 aliphatic heterocycles. The van der Waals surface area contributed by atoms with Gasteiger partial charge >= 0.3 is 0 Å². The lowest BCUT2D eigenvalue weighted by Crippen LogP contribution is -2.22. The summed E-state index contributed by atoms with van der Waals surface area (Å²) in [6, 6.07) is 17.8. The Labute approximate surface area is 168 Å². The van der Waals surface area contributed by atoms with E-state index in [1.54, 1.807) is 6.07 Å². The highest BCUT2D eigenvalue weighted by Crippen LogP contribution is 2.31. The summed E-state index contributed by atoms with van der Waals surface area (Å²) in [5, 5.41) is 2.76. The van der Waals surface area contributed by atoms with Crippen LogP contribution in [0.3, 0.4) is 0 Å². The number of anilines is 1. The predicted octanol–water partition coefficient (Wildman–Crippen LogP) is 3.93. The van der Waals surface area contributed by atoms with Crippen LogP contribution in [0.15, 0.2) is 65.6 Å². The van der Waals surface area contributed by atoms with Crippen molar-refractivity contribution < 1.29 is 17.9 Å². The van der Waals surface area contributed by atoms with Gasteiger partial charge in [0, 0.05) is 19.0 Å². The molecular weight excluding hydrogens is 396 g/mol. The average Bonchev–Trinajstić information content (AvgIpc) is 3.19. The fourth-order valence-corrected chi connectivity index (χ4v) is 4.39. The summed E-state index contributed by atoms with van der Waals surface area (Å²) in [7, 11) is 0.740. The van der Waals surface area contributed by atoms with Gasteiger partial charge in [0.1, 0.15) is 5.75 Å². The van der Waals surface area contributed by atoms with Gasteiger partial charge in [-0.3, -0.25) is 4.79 Å². The second kappa shape index (κ2) is 8.14. The van der Waals surface area contributed by atoms with Crippen molar-refractivity contribution >= 4 is 33.0 Å².